The highest BCUT2D eigenvalue weighted by Crippen LogP contribution is 2.26. The van der Waals surface area contributed by atoms with Gasteiger partial charge in [-0.05, 0) is 49.3 Å². The fraction of sp³-hybridized carbons (Fsp3) is 0.333. The van der Waals surface area contributed by atoms with Gasteiger partial charge < -0.3 is 9.42 Å². The molecule has 1 amide bonds. The Hall–Kier alpha value is -2.95. The minimum Gasteiger partial charge on any atom is -0.364 e. The molecular weight excluding hydrogens is 367 g/mol. The Balaban J connectivity index is 1.29. The van der Waals surface area contributed by atoms with Crippen molar-refractivity contribution in [1.29, 1.82) is 0 Å². The SMILES string of the molecule is O=C(CCc1conc1-c1ccccc1F)N1CCC(Cc2ccccc2)CC1. The Labute approximate surface area is 170 Å². The highest BCUT2D eigenvalue weighted by molar-refractivity contribution is 5.77. The van der Waals surface area contributed by atoms with Crippen LogP contribution in [0.3, 0.4) is 0 Å². The predicted molar refractivity (Wildman–Crippen MR) is 110 cm³/mol. The summed E-state index contributed by atoms with van der Waals surface area (Å²) in [5.41, 5.74) is 3.02. The molecule has 1 aliphatic heterocycles. The minimum atomic E-state index is -0.338. The summed E-state index contributed by atoms with van der Waals surface area (Å²) >= 11 is 0. The van der Waals surface area contributed by atoms with Crippen LogP contribution >= 0.6 is 0 Å². The van der Waals surface area contributed by atoms with Crippen LogP contribution in [-0.4, -0.2) is 29.1 Å². The molecule has 2 heterocycles. The van der Waals surface area contributed by atoms with E-state index in [2.05, 4.69) is 29.4 Å². The van der Waals surface area contributed by atoms with Gasteiger partial charge in [-0.1, -0.05) is 47.6 Å². The van der Waals surface area contributed by atoms with Crippen molar-refractivity contribution in [1.82, 2.24) is 10.1 Å². The Bertz CT molecular complexity index is 946. The molecule has 2 aromatic carbocycles. The van der Waals surface area contributed by atoms with E-state index in [4.69, 9.17) is 4.52 Å². The van der Waals surface area contributed by atoms with Crippen molar-refractivity contribution >= 4 is 5.91 Å². The molecule has 0 bridgehead atoms. The summed E-state index contributed by atoms with van der Waals surface area (Å²) in [7, 11) is 0. The number of carbonyl (C=O) groups excluding carboxylic acids is 1. The van der Waals surface area contributed by atoms with E-state index >= 15 is 0 Å². The standard InChI is InChI=1S/C24H25FN2O2/c25-22-9-5-4-8-21(22)24-20(17-29-26-24)10-11-23(28)27-14-12-19(13-15-27)16-18-6-2-1-3-7-18/h1-9,17,19H,10-16H2. The summed E-state index contributed by atoms with van der Waals surface area (Å²) in [6.45, 7) is 1.61. The second kappa shape index (κ2) is 9.03. The fourth-order valence-electron chi connectivity index (χ4n) is 4.04. The fourth-order valence-corrected chi connectivity index (χ4v) is 4.04. The molecule has 0 atom stereocenters. The lowest BCUT2D eigenvalue weighted by atomic mass is 9.90. The molecule has 4 rings (SSSR count). The zero-order valence-electron chi connectivity index (χ0n) is 16.4. The second-order valence-electron chi connectivity index (χ2n) is 7.68. The van der Waals surface area contributed by atoms with Crippen LogP contribution in [0.5, 0.6) is 0 Å². The molecule has 29 heavy (non-hydrogen) atoms. The molecule has 0 unspecified atom stereocenters. The van der Waals surface area contributed by atoms with Crippen LogP contribution < -0.4 is 0 Å². The Kier molecular flexibility index (Phi) is 6.03. The molecule has 0 saturated carbocycles. The van der Waals surface area contributed by atoms with E-state index in [9.17, 15) is 9.18 Å². The minimum absolute atomic E-state index is 0.142. The van der Waals surface area contributed by atoms with Crippen molar-refractivity contribution < 1.29 is 13.7 Å². The highest BCUT2D eigenvalue weighted by Gasteiger charge is 2.23. The molecule has 150 valence electrons. The molecule has 0 radical (unpaired) electrons. The van der Waals surface area contributed by atoms with Gasteiger partial charge >= 0.3 is 0 Å². The first-order chi connectivity index (χ1) is 14.2. The molecule has 3 aromatic rings. The van der Waals surface area contributed by atoms with Crippen molar-refractivity contribution in [3.8, 4) is 11.3 Å². The maximum atomic E-state index is 14.1. The summed E-state index contributed by atoms with van der Waals surface area (Å²) < 4.78 is 19.1. The molecule has 4 nitrogen and oxygen atoms in total. The third-order valence-electron chi connectivity index (χ3n) is 5.71. The van der Waals surface area contributed by atoms with E-state index in [0.717, 1.165) is 37.9 Å². The van der Waals surface area contributed by atoms with Gasteiger partial charge in [-0.15, -0.1) is 0 Å². The molecular formula is C24H25FN2O2. The van der Waals surface area contributed by atoms with Gasteiger partial charge in [-0.3, -0.25) is 4.79 Å². The first-order valence-electron chi connectivity index (χ1n) is 10.2. The smallest absolute Gasteiger partial charge is 0.222 e. The van der Waals surface area contributed by atoms with Crippen molar-refractivity contribution in [2.24, 2.45) is 5.92 Å². The Morgan fingerprint density at radius 3 is 2.55 bits per heavy atom. The number of aryl methyl sites for hydroxylation is 1. The van der Waals surface area contributed by atoms with Gasteiger partial charge in [0, 0.05) is 30.6 Å². The third-order valence-corrected chi connectivity index (χ3v) is 5.71. The number of benzene rings is 2. The van der Waals surface area contributed by atoms with E-state index in [1.165, 1.54) is 17.9 Å². The quantitative estimate of drug-likeness (QED) is 0.600. The molecule has 0 aliphatic carbocycles. The lowest BCUT2D eigenvalue weighted by Crippen LogP contribution is -2.39. The van der Waals surface area contributed by atoms with E-state index < -0.39 is 0 Å². The van der Waals surface area contributed by atoms with Crippen molar-refractivity contribution in [2.75, 3.05) is 13.1 Å². The number of amides is 1. The number of piperidine rings is 1. The second-order valence-corrected chi connectivity index (χ2v) is 7.68. The van der Waals surface area contributed by atoms with Crippen LogP contribution in [0.25, 0.3) is 11.3 Å². The monoisotopic (exact) mass is 392 g/mol. The van der Waals surface area contributed by atoms with Crippen LogP contribution in [0, 0.1) is 11.7 Å². The van der Waals surface area contributed by atoms with E-state index in [-0.39, 0.29) is 11.7 Å². The van der Waals surface area contributed by atoms with Crippen LogP contribution in [0.4, 0.5) is 4.39 Å². The Morgan fingerprint density at radius 1 is 1.07 bits per heavy atom. The number of carbonyl (C=O) groups is 1. The normalized spacial score (nSPS) is 14.9. The number of halogens is 1. The zero-order valence-corrected chi connectivity index (χ0v) is 16.4. The summed E-state index contributed by atoms with van der Waals surface area (Å²) in [6.07, 6.45) is 5.54. The number of rotatable bonds is 6. The topological polar surface area (TPSA) is 46.3 Å². The van der Waals surface area contributed by atoms with Gasteiger partial charge in [0.1, 0.15) is 17.8 Å². The van der Waals surface area contributed by atoms with Crippen LogP contribution in [0.1, 0.15) is 30.4 Å². The first-order valence-corrected chi connectivity index (χ1v) is 10.2. The van der Waals surface area contributed by atoms with E-state index in [1.807, 2.05) is 11.0 Å². The number of likely N-dealkylation sites (tertiary alicyclic amines) is 1. The maximum Gasteiger partial charge on any atom is 0.222 e. The molecule has 1 fully saturated rings. The molecule has 5 heteroatoms. The molecule has 1 aliphatic rings. The largest absolute Gasteiger partial charge is 0.364 e. The van der Waals surface area contributed by atoms with Crippen LogP contribution in [-0.2, 0) is 17.6 Å². The zero-order chi connectivity index (χ0) is 20.1. The van der Waals surface area contributed by atoms with E-state index in [0.29, 0.717) is 30.0 Å². The van der Waals surface area contributed by atoms with Gasteiger partial charge in [0.2, 0.25) is 5.91 Å². The van der Waals surface area contributed by atoms with Crippen LogP contribution in [0.15, 0.2) is 65.4 Å². The molecule has 1 aromatic heterocycles. The maximum absolute atomic E-state index is 14.1. The molecule has 0 spiro atoms. The molecule has 0 N–H and O–H groups in total. The summed E-state index contributed by atoms with van der Waals surface area (Å²) in [5.74, 6) is 0.436. The summed E-state index contributed by atoms with van der Waals surface area (Å²) in [4.78, 5) is 14.6. The highest BCUT2D eigenvalue weighted by atomic mass is 19.1. The van der Waals surface area contributed by atoms with E-state index in [1.54, 1.807) is 18.2 Å². The van der Waals surface area contributed by atoms with Crippen LogP contribution in [0.2, 0.25) is 0 Å². The summed E-state index contributed by atoms with van der Waals surface area (Å²) in [5, 5.41) is 3.95. The van der Waals surface area contributed by atoms with Gasteiger partial charge in [-0.2, -0.15) is 0 Å². The van der Waals surface area contributed by atoms with Crippen molar-refractivity contribution in [3.63, 3.8) is 0 Å². The summed E-state index contributed by atoms with van der Waals surface area (Å²) in [6, 6.07) is 17.0. The van der Waals surface area contributed by atoms with Gasteiger partial charge in [0.25, 0.3) is 0 Å². The first kappa shape index (κ1) is 19.4. The number of nitrogens with zero attached hydrogens (tertiary/aromatic N) is 2. The Morgan fingerprint density at radius 2 is 1.79 bits per heavy atom. The van der Waals surface area contributed by atoms with Gasteiger partial charge in [0.05, 0.1) is 0 Å². The van der Waals surface area contributed by atoms with Gasteiger partial charge in [-0.25, -0.2) is 4.39 Å². The average Bonchev–Trinajstić information content (AvgIpc) is 3.22. The lowest BCUT2D eigenvalue weighted by molar-refractivity contribution is -0.132. The third kappa shape index (κ3) is 4.73. The number of hydrogen-bond donors (Lipinski definition) is 0. The predicted octanol–water partition coefficient (Wildman–Crippen LogP) is 4.89. The lowest BCUT2D eigenvalue weighted by Gasteiger charge is -2.32. The molecule has 1 saturated heterocycles. The van der Waals surface area contributed by atoms with Crippen molar-refractivity contribution in [2.45, 2.75) is 32.1 Å². The van der Waals surface area contributed by atoms with Crippen molar-refractivity contribution in [3.05, 3.63) is 77.8 Å². The number of aromatic nitrogens is 1. The number of hydrogen-bond acceptors (Lipinski definition) is 3. The average molecular weight is 392 g/mol. The van der Waals surface area contributed by atoms with Gasteiger partial charge in [0.15, 0.2) is 0 Å².